The van der Waals surface area contributed by atoms with Gasteiger partial charge in [0.1, 0.15) is 12.6 Å². The summed E-state index contributed by atoms with van der Waals surface area (Å²) in [4.78, 5) is 0. The third-order valence-corrected chi connectivity index (χ3v) is 6.90. The summed E-state index contributed by atoms with van der Waals surface area (Å²) in [5.41, 5.74) is 9.47. The van der Waals surface area contributed by atoms with Crippen molar-refractivity contribution < 1.29 is 4.57 Å². The van der Waals surface area contributed by atoms with Gasteiger partial charge >= 0.3 is 0 Å². The quantitative estimate of drug-likeness (QED) is 0.178. The Bertz CT molecular complexity index is 1620. The molecule has 0 atom stereocenters. The van der Waals surface area contributed by atoms with Crippen LogP contribution >= 0.6 is 0 Å². The number of nitrogens with zero attached hydrogens (tertiary/aromatic N) is 2. The fourth-order valence-electron chi connectivity index (χ4n) is 5.49. The van der Waals surface area contributed by atoms with Crippen LogP contribution in [0.3, 0.4) is 0 Å². The molecule has 0 bridgehead atoms. The van der Waals surface area contributed by atoms with E-state index in [1.165, 1.54) is 65.7 Å². The Balaban J connectivity index is 1.97. The van der Waals surface area contributed by atoms with Gasteiger partial charge in [-0.15, -0.1) is 0 Å². The van der Waals surface area contributed by atoms with Crippen molar-refractivity contribution in [3.63, 3.8) is 0 Å². The van der Waals surface area contributed by atoms with Gasteiger partial charge in [-0.05, 0) is 60.4 Å². The first kappa shape index (κ1) is 17.7. The zero-order chi connectivity index (χ0) is 20.7. The first-order chi connectivity index (χ1) is 14.5. The van der Waals surface area contributed by atoms with Gasteiger partial charge in [0.05, 0.1) is 16.4 Å². The molecule has 0 saturated heterocycles. The van der Waals surface area contributed by atoms with Gasteiger partial charge < -0.3 is 4.40 Å². The van der Waals surface area contributed by atoms with Crippen molar-refractivity contribution >= 4 is 49.0 Å². The molecular formula is C28H27N2+. The molecule has 3 aromatic heterocycles. The Kier molecular flexibility index (Phi) is 3.51. The van der Waals surface area contributed by atoms with Gasteiger partial charge in [-0.1, -0.05) is 44.2 Å². The molecule has 6 rings (SSSR count). The highest BCUT2D eigenvalue weighted by atomic mass is 15.0. The summed E-state index contributed by atoms with van der Waals surface area (Å²) in [5.74, 6) is 0.649. The molecule has 0 aliphatic carbocycles. The summed E-state index contributed by atoms with van der Waals surface area (Å²) >= 11 is 0. The lowest BCUT2D eigenvalue weighted by Gasteiger charge is -2.15. The number of benzene rings is 3. The first-order valence-electron chi connectivity index (χ1n) is 10.9. The number of aryl methyl sites for hydroxylation is 3. The number of hydrogen-bond donors (Lipinski definition) is 0. The normalized spacial score (nSPS) is 12.6. The van der Waals surface area contributed by atoms with E-state index >= 15 is 0 Å². The lowest BCUT2D eigenvalue weighted by Crippen LogP contribution is -2.29. The predicted molar refractivity (Wildman–Crippen MR) is 128 cm³/mol. The van der Waals surface area contributed by atoms with Crippen LogP contribution in [0.15, 0.2) is 54.7 Å². The molecule has 3 heterocycles. The van der Waals surface area contributed by atoms with Gasteiger partial charge in [0, 0.05) is 22.2 Å². The number of fused-ring (bicyclic) bond motifs is 5. The number of rotatable bonds is 2. The van der Waals surface area contributed by atoms with Crippen LogP contribution < -0.4 is 4.57 Å². The minimum absolute atomic E-state index is 0.649. The maximum absolute atomic E-state index is 2.52. The van der Waals surface area contributed by atoms with Gasteiger partial charge in [0.15, 0.2) is 6.20 Å². The molecule has 6 aromatic rings. The maximum atomic E-state index is 2.52. The summed E-state index contributed by atoms with van der Waals surface area (Å²) < 4.78 is 4.83. The van der Waals surface area contributed by atoms with Gasteiger partial charge in [-0.2, -0.15) is 4.57 Å². The molecule has 0 radical (unpaired) electrons. The number of hydrogen-bond acceptors (Lipinski definition) is 0. The minimum atomic E-state index is 0.649. The van der Waals surface area contributed by atoms with Crippen molar-refractivity contribution in [2.45, 2.75) is 34.1 Å². The third-order valence-electron chi connectivity index (χ3n) is 6.90. The summed E-state index contributed by atoms with van der Waals surface area (Å²) in [6.45, 7) is 9.10. The molecule has 2 heteroatoms. The van der Waals surface area contributed by atoms with Gasteiger partial charge in [-0.3, -0.25) is 0 Å². The molecule has 148 valence electrons. The summed E-state index contributed by atoms with van der Waals surface area (Å²) in [6.07, 6.45) is 3.34. The van der Waals surface area contributed by atoms with Crippen LogP contribution in [0.25, 0.3) is 49.0 Å². The molecule has 0 amide bonds. The molecule has 0 N–H and O–H groups in total. The van der Waals surface area contributed by atoms with E-state index < -0.39 is 0 Å². The second kappa shape index (κ2) is 5.95. The smallest absolute Gasteiger partial charge is 0.238 e. The lowest BCUT2D eigenvalue weighted by atomic mass is 9.94. The first-order valence-corrected chi connectivity index (χ1v) is 10.9. The van der Waals surface area contributed by atoms with E-state index in [4.69, 9.17) is 0 Å². The molecule has 2 nitrogen and oxygen atoms in total. The molecule has 0 saturated carbocycles. The van der Waals surface area contributed by atoms with Crippen LogP contribution in [-0.4, -0.2) is 4.40 Å². The Morgan fingerprint density at radius 3 is 2.53 bits per heavy atom. The standard InChI is InChI=1S/C28H27N2/c1-16(2)13-19-9-10-21-22-11-12-29(5)28-25-18(4)17(3)14-20-7-6-8-23(26(20)25)30(27(22)28)24(21)15-19/h6-12,14-16H,13H2,1-5H3/q+1. The number of pyridine rings is 2. The molecule has 0 unspecified atom stereocenters. The van der Waals surface area contributed by atoms with E-state index in [0.29, 0.717) is 5.92 Å². The molecule has 0 aliphatic heterocycles. The van der Waals surface area contributed by atoms with Crippen molar-refractivity contribution in [1.82, 2.24) is 4.40 Å². The zero-order valence-electron chi connectivity index (χ0n) is 18.4. The van der Waals surface area contributed by atoms with E-state index in [1.807, 2.05) is 0 Å². The van der Waals surface area contributed by atoms with Gasteiger partial charge in [0.2, 0.25) is 5.52 Å². The summed E-state index contributed by atoms with van der Waals surface area (Å²) in [5, 5.41) is 6.79. The highest BCUT2D eigenvalue weighted by Gasteiger charge is 2.24. The molecule has 0 spiro atoms. The largest absolute Gasteiger partial charge is 0.303 e. The van der Waals surface area contributed by atoms with Crippen molar-refractivity contribution in [2.75, 3.05) is 0 Å². The van der Waals surface area contributed by atoms with Crippen LogP contribution in [0.1, 0.15) is 30.5 Å². The fourth-order valence-corrected chi connectivity index (χ4v) is 5.49. The lowest BCUT2D eigenvalue weighted by molar-refractivity contribution is -0.644. The van der Waals surface area contributed by atoms with Crippen molar-refractivity contribution in [1.29, 1.82) is 0 Å². The van der Waals surface area contributed by atoms with Gasteiger partial charge in [0.25, 0.3) is 0 Å². The van der Waals surface area contributed by atoms with Crippen LogP contribution in [-0.2, 0) is 13.5 Å². The third kappa shape index (κ3) is 2.17. The van der Waals surface area contributed by atoms with E-state index in [0.717, 1.165) is 6.42 Å². The van der Waals surface area contributed by atoms with E-state index in [-0.39, 0.29) is 0 Å². The topological polar surface area (TPSA) is 8.29 Å². The average molecular weight is 392 g/mol. The highest BCUT2D eigenvalue weighted by Crippen LogP contribution is 2.41. The SMILES string of the molecule is Cc1cc2cccc3c2c(c1C)c1c2c(cc[n+]1C)c1ccc(CC(C)C)cc1n32. The van der Waals surface area contributed by atoms with E-state index in [9.17, 15) is 0 Å². The minimum Gasteiger partial charge on any atom is -0.303 e. The molecular weight excluding hydrogens is 364 g/mol. The Morgan fingerprint density at radius 1 is 0.900 bits per heavy atom. The monoisotopic (exact) mass is 391 g/mol. The summed E-state index contributed by atoms with van der Waals surface area (Å²) in [7, 11) is 2.18. The van der Waals surface area contributed by atoms with Crippen LogP contribution in [0.4, 0.5) is 0 Å². The average Bonchev–Trinajstić information content (AvgIpc) is 3.03. The Labute approximate surface area is 176 Å². The Hall–Kier alpha value is -3.13. The fraction of sp³-hybridized carbons (Fsp3) is 0.250. The second-order valence-electron chi connectivity index (χ2n) is 9.39. The predicted octanol–water partition coefficient (Wildman–Crippen LogP) is 6.63. The molecule has 3 aromatic carbocycles. The maximum Gasteiger partial charge on any atom is 0.238 e. The van der Waals surface area contributed by atoms with Crippen molar-refractivity contribution in [3.05, 3.63) is 71.4 Å². The highest BCUT2D eigenvalue weighted by molar-refractivity contribution is 6.25. The summed E-state index contributed by atoms with van der Waals surface area (Å²) in [6, 6.07) is 18.5. The van der Waals surface area contributed by atoms with Crippen LogP contribution in [0.5, 0.6) is 0 Å². The van der Waals surface area contributed by atoms with E-state index in [1.54, 1.807) is 0 Å². The van der Waals surface area contributed by atoms with Gasteiger partial charge in [-0.25, -0.2) is 0 Å². The molecule has 0 aliphatic rings. The van der Waals surface area contributed by atoms with Crippen molar-refractivity contribution in [3.8, 4) is 0 Å². The van der Waals surface area contributed by atoms with Crippen molar-refractivity contribution in [2.24, 2.45) is 13.0 Å². The zero-order valence-corrected chi connectivity index (χ0v) is 18.4. The number of aromatic nitrogens is 2. The van der Waals surface area contributed by atoms with E-state index in [2.05, 4.69) is 98.4 Å². The second-order valence-corrected chi connectivity index (χ2v) is 9.39. The molecule has 0 fully saturated rings. The van der Waals surface area contributed by atoms with Crippen LogP contribution in [0.2, 0.25) is 0 Å². The molecule has 30 heavy (non-hydrogen) atoms. The van der Waals surface area contributed by atoms with Crippen LogP contribution in [0, 0.1) is 19.8 Å². The Morgan fingerprint density at radius 2 is 1.73 bits per heavy atom.